The smallest absolute Gasteiger partial charge is 0.236 e. The fourth-order valence-electron chi connectivity index (χ4n) is 1.06. The highest BCUT2D eigenvalue weighted by molar-refractivity contribution is 5.77. The van der Waals surface area contributed by atoms with E-state index >= 15 is 0 Å². The molecule has 0 atom stereocenters. The van der Waals surface area contributed by atoms with Gasteiger partial charge in [-0.3, -0.25) is 9.78 Å². The fraction of sp³-hybridized carbons (Fsp3) is 0.455. The van der Waals surface area contributed by atoms with Crippen molar-refractivity contribution in [1.82, 2.24) is 15.2 Å². The summed E-state index contributed by atoms with van der Waals surface area (Å²) in [4.78, 5) is 17.0. The van der Waals surface area contributed by atoms with E-state index in [1.807, 2.05) is 25.3 Å². The second-order valence-corrected chi connectivity index (χ2v) is 3.72. The summed E-state index contributed by atoms with van der Waals surface area (Å²) in [6.45, 7) is 2.97. The first-order chi connectivity index (χ1) is 7.09. The molecule has 0 saturated carbocycles. The Kier molecular flexibility index (Phi) is 4.24. The minimum absolute atomic E-state index is 0.0714. The Balaban J connectivity index is 2.32. The van der Waals surface area contributed by atoms with E-state index in [1.54, 1.807) is 19.0 Å². The molecule has 1 N–H and O–H groups in total. The molecule has 0 fully saturated rings. The van der Waals surface area contributed by atoms with E-state index in [9.17, 15) is 4.79 Å². The van der Waals surface area contributed by atoms with Crippen LogP contribution in [0.15, 0.2) is 18.3 Å². The Bertz CT molecular complexity index is 319. The number of amides is 1. The van der Waals surface area contributed by atoms with E-state index < -0.39 is 0 Å². The largest absolute Gasteiger partial charge is 0.348 e. The van der Waals surface area contributed by atoms with Crippen LogP contribution in [0.25, 0.3) is 0 Å². The molecule has 0 aliphatic carbocycles. The predicted molar refractivity (Wildman–Crippen MR) is 59.4 cm³/mol. The van der Waals surface area contributed by atoms with Gasteiger partial charge in [-0.25, -0.2) is 0 Å². The standard InChI is InChI=1S/C11H17N3O/c1-9-4-5-10(13-6-9)7-12-8-11(15)14(2)3/h4-6,12H,7-8H2,1-3H3. The first kappa shape index (κ1) is 11.7. The molecule has 0 radical (unpaired) electrons. The highest BCUT2D eigenvalue weighted by Gasteiger charge is 2.02. The van der Waals surface area contributed by atoms with Crippen LogP contribution < -0.4 is 5.32 Å². The maximum absolute atomic E-state index is 11.2. The van der Waals surface area contributed by atoms with Gasteiger partial charge in [0.2, 0.25) is 5.91 Å². The molecule has 4 nitrogen and oxygen atoms in total. The van der Waals surface area contributed by atoms with Crippen LogP contribution in [0, 0.1) is 6.92 Å². The molecule has 1 aromatic rings. The third-order valence-corrected chi connectivity index (χ3v) is 2.05. The number of hydrogen-bond donors (Lipinski definition) is 1. The molecule has 0 bridgehead atoms. The molecule has 0 aliphatic heterocycles. The number of likely N-dealkylation sites (N-methyl/N-ethyl adjacent to an activating group) is 1. The summed E-state index contributed by atoms with van der Waals surface area (Å²) in [7, 11) is 3.49. The van der Waals surface area contributed by atoms with Crippen LogP contribution in [0.4, 0.5) is 0 Å². The van der Waals surface area contributed by atoms with Gasteiger partial charge >= 0.3 is 0 Å². The summed E-state index contributed by atoms with van der Waals surface area (Å²) in [6, 6.07) is 3.97. The molecule has 1 amide bonds. The van der Waals surface area contributed by atoms with Gasteiger partial charge in [-0.05, 0) is 18.6 Å². The zero-order valence-electron chi connectivity index (χ0n) is 9.45. The number of carbonyl (C=O) groups excluding carboxylic acids is 1. The van der Waals surface area contributed by atoms with Gasteiger partial charge in [0.1, 0.15) is 0 Å². The van der Waals surface area contributed by atoms with Crippen LogP contribution in [0.2, 0.25) is 0 Å². The Hall–Kier alpha value is -1.42. The van der Waals surface area contributed by atoms with Gasteiger partial charge in [0.05, 0.1) is 12.2 Å². The zero-order valence-corrected chi connectivity index (χ0v) is 9.45. The van der Waals surface area contributed by atoms with Gasteiger partial charge in [0.25, 0.3) is 0 Å². The SMILES string of the molecule is Cc1ccc(CNCC(=O)N(C)C)nc1. The molecule has 82 valence electrons. The Morgan fingerprint density at radius 3 is 2.73 bits per heavy atom. The predicted octanol–water partition coefficient (Wildman–Crippen LogP) is 0.568. The van der Waals surface area contributed by atoms with Gasteiger partial charge in [0, 0.05) is 26.8 Å². The van der Waals surface area contributed by atoms with Crippen LogP contribution in [0.3, 0.4) is 0 Å². The third-order valence-electron chi connectivity index (χ3n) is 2.05. The summed E-state index contributed by atoms with van der Waals surface area (Å²) < 4.78 is 0. The Morgan fingerprint density at radius 2 is 2.20 bits per heavy atom. The van der Waals surface area contributed by atoms with Crippen molar-refractivity contribution >= 4 is 5.91 Å². The molecular weight excluding hydrogens is 190 g/mol. The van der Waals surface area contributed by atoms with Crippen molar-refractivity contribution in [3.63, 3.8) is 0 Å². The van der Waals surface area contributed by atoms with E-state index in [1.165, 1.54) is 0 Å². The highest BCUT2D eigenvalue weighted by Crippen LogP contribution is 1.97. The molecule has 0 spiro atoms. The van der Waals surface area contributed by atoms with Gasteiger partial charge in [-0.2, -0.15) is 0 Å². The van der Waals surface area contributed by atoms with E-state index in [0.29, 0.717) is 13.1 Å². The monoisotopic (exact) mass is 207 g/mol. The third kappa shape index (κ3) is 4.08. The van der Waals surface area contributed by atoms with Crippen molar-refractivity contribution in [2.24, 2.45) is 0 Å². The summed E-state index contributed by atoms with van der Waals surface area (Å²) in [6.07, 6.45) is 1.82. The molecule has 1 heterocycles. The van der Waals surface area contributed by atoms with Crippen LogP contribution in [-0.4, -0.2) is 36.4 Å². The molecular formula is C11H17N3O. The molecule has 15 heavy (non-hydrogen) atoms. The average molecular weight is 207 g/mol. The van der Waals surface area contributed by atoms with E-state index in [4.69, 9.17) is 0 Å². The second kappa shape index (κ2) is 5.46. The quantitative estimate of drug-likeness (QED) is 0.785. The minimum Gasteiger partial charge on any atom is -0.348 e. The van der Waals surface area contributed by atoms with E-state index in [2.05, 4.69) is 10.3 Å². The normalized spacial score (nSPS) is 10.1. The van der Waals surface area contributed by atoms with Crippen molar-refractivity contribution in [1.29, 1.82) is 0 Å². The number of carbonyl (C=O) groups is 1. The second-order valence-electron chi connectivity index (χ2n) is 3.72. The van der Waals surface area contributed by atoms with Gasteiger partial charge < -0.3 is 10.2 Å². The molecule has 0 saturated heterocycles. The number of aryl methyl sites for hydroxylation is 1. The Labute approximate surface area is 90.3 Å². The van der Waals surface area contributed by atoms with E-state index in [0.717, 1.165) is 11.3 Å². The lowest BCUT2D eigenvalue weighted by Gasteiger charge is -2.10. The summed E-state index contributed by atoms with van der Waals surface area (Å²) in [5.41, 5.74) is 2.09. The lowest BCUT2D eigenvalue weighted by atomic mass is 10.3. The van der Waals surface area contributed by atoms with Crippen molar-refractivity contribution in [3.05, 3.63) is 29.6 Å². The fourth-order valence-corrected chi connectivity index (χ4v) is 1.06. The van der Waals surface area contributed by atoms with Crippen molar-refractivity contribution in [3.8, 4) is 0 Å². The lowest BCUT2D eigenvalue weighted by Crippen LogP contribution is -2.32. The van der Waals surface area contributed by atoms with E-state index in [-0.39, 0.29) is 5.91 Å². The number of hydrogen-bond acceptors (Lipinski definition) is 3. The van der Waals surface area contributed by atoms with Crippen molar-refractivity contribution in [2.75, 3.05) is 20.6 Å². The molecule has 4 heteroatoms. The average Bonchev–Trinajstić information content (AvgIpc) is 2.20. The zero-order chi connectivity index (χ0) is 11.3. The Morgan fingerprint density at radius 1 is 1.47 bits per heavy atom. The lowest BCUT2D eigenvalue weighted by molar-refractivity contribution is -0.127. The molecule has 1 aromatic heterocycles. The summed E-state index contributed by atoms with van der Waals surface area (Å²) in [5, 5.41) is 3.05. The van der Waals surface area contributed by atoms with Gasteiger partial charge in [-0.1, -0.05) is 6.07 Å². The molecule has 1 rings (SSSR count). The summed E-state index contributed by atoms with van der Waals surface area (Å²) in [5.74, 6) is 0.0714. The van der Waals surface area contributed by atoms with Gasteiger partial charge in [0.15, 0.2) is 0 Å². The minimum atomic E-state index is 0.0714. The number of nitrogens with zero attached hydrogens (tertiary/aromatic N) is 2. The first-order valence-electron chi connectivity index (χ1n) is 4.92. The van der Waals surface area contributed by atoms with Crippen LogP contribution >= 0.6 is 0 Å². The number of nitrogens with one attached hydrogen (secondary N) is 1. The number of aromatic nitrogens is 1. The maximum Gasteiger partial charge on any atom is 0.236 e. The van der Waals surface area contributed by atoms with Crippen LogP contribution in [0.1, 0.15) is 11.3 Å². The maximum atomic E-state index is 11.2. The topological polar surface area (TPSA) is 45.2 Å². The van der Waals surface area contributed by atoms with Crippen LogP contribution in [0.5, 0.6) is 0 Å². The molecule has 0 aliphatic rings. The van der Waals surface area contributed by atoms with Crippen molar-refractivity contribution in [2.45, 2.75) is 13.5 Å². The molecule has 0 aromatic carbocycles. The molecule has 0 unspecified atom stereocenters. The number of pyridine rings is 1. The first-order valence-corrected chi connectivity index (χ1v) is 4.92. The van der Waals surface area contributed by atoms with Crippen molar-refractivity contribution < 1.29 is 4.79 Å². The van der Waals surface area contributed by atoms with Gasteiger partial charge in [-0.15, -0.1) is 0 Å². The number of rotatable bonds is 4. The summed E-state index contributed by atoms with van der Waals surface area (Å²) >= 11 is 0. The highest BCUT2D eigenvalue weighted by atomic mass is 16.2. The van der Waals surface area contributed by atoms with Crippen LogP contribution in [-0.2, 0) is 11.3 Å².